The van der Waals surface area contributed by atoms with Crippen LogP contribution in [0.15, 0.2) is 29.2 Å². The molecule has 0 saturated heterocycles. The average Bonchev–Trinajstić information content (AvgIpc) is 2.40. The first kappa shape index (κ1) is 15.6. The Morgan fingerprint density at radius 1 is 0.944 bits per heavy atom. The van der Waals surface area contributed by atoms with Crippen molar-refractivity contribution < 1.29 is 0 Å². The predicted molar refractivity (Wildman–Crippen MR) is 83.3 cm³/mol. The Labute approximate surface area is 117 Å². The van der Waals surface area contributed by atoms with Gasteiger partial charge in [-0.2, -0.15) is 0 Å². The lowest BCUT2D eigenvalue weighted by atomic mass is 10.2. The van der Waals surface area contributed by atoms with Crippen LogP contribution in [0.25, 0.3) is 0 Å². The van der Waals surface area contributed by atoms with Crippen molar-refractivity contribution in [2.24, 2.45) is 0 Å². The minimum absolute atomic E-state index is 0.995. The maximum atomic E-state index is 3.43. The third-order valence-electron chi connectivity index (χ3n) is 2.95. The Kier molecular flexibility index (Phi) is 9.05. The summed E-state index contributed by atoms with van der Waals surface area (Å²) >= 11 is 1.99. The normalized spacial score (nSPS) is 10.8. The molecule has 1 N–H and O–H groups in total. The molecule has 1 nitrogen and oxygen atoms in total. The fraction of sp³-hybridized carbons (Fsp3) is 0.625. The van der Waals surface area contributed by atoms with Crippen molar-refractivity contribution in [3.05, 3.63) is 29.8 Å². The van der Waals surface area contributed by atoms with Crippen LogP contribution >= 0.6 is 11.8 Å². The van der Waals surface area contributed by atoms with Gasteiger partial charge in [0.15, 0.2) is 0 Å². The summed E-state index contributed by atoms with van der Waals surface area (Å²) in [6, 6.07) is 9.01. The first-order valence-electron chi connectivity index (χ1n) is 7.29. The molecule has 0 spiro atoms. The highest BCUT2D eigenvalue weighted by atomic mass is 32.2. The van der Waals surface area contributed by atoms with E-state index in [1.165, 1.54) is 48.3 Å². The monoisotopic (exact) mass is 265 g/mol. The minimum Gasteiger partial charge on any atom is -0.313 e. The standard InChI is InChI=1S/C16H27NS/c1-3-5-6-7-13-18-16-10-8-15(9-11-16)14-17-12-4-2/h8-11,17H,3-7,12-14H2,1-2H3. The van der Waals surface area contributed by atoms with Gasteiger partial charge in [-0.25, -0.2) is 0 Å². The fourth-order valence-electron chi connectivity index (χ4n) is 1.83. The molecule has 1 aromatic carbocycles. The third kappa shape index (κ3) is 7.07. The summed E-state index contributed by atoms with van der Waals surface area (Å²) in [4.78, 5) is 1.41. The van der Waals surface area contributed by atoms with Crippen molar-refractivity contribution in [3.63, 3.8) is 0 Å². The van der Waals surface area contributed by atoms with Gasteiger partial charge in [0.05, 0.1) is 0 Å². The van der Waals surface area contributed by atoms with Crippen molar-refractivity contribution in [3.8, 4) is 0 Å². The Hall–Kier alpha value is -0.470. The smallest absolute Gasteiger partial charge is 0.0205 e. The van der Waals surface area contributed by atoms with E-state index in [1.807, 2.05) is 11.8 Å². The average molecular weight is 265 g/mol. The molecular formula is C16H27NS. The molecule has 0 unspecified atom stereocenters. The quantitative estimate of drug-likeness (QED) is 0.479. The third-order valence-corrected chi connectivity index (χ3v) is 4.04. The molecule has 0 fully saturated rings. The van der Waals surface area contributed by atoms with Gasteiger partial charge < -0.3 is 5.32 Å². The number of hydrogen-bond donors (Lipinski definition) is 1. The van der Waals surface area contributed by atoms with E-state index < -0.39 is 0 Å². The van der Waals surface area contributed by atoms with Crippen molar-refractivity contribution in [1.82, 2.24) is 5.32 Å². The molecule has 2 heteroatoms. The second-order valence-corrected chi connectivity index (χ2v) is 5.90. The molecule has 0 aromatic heterocycles. The zero-order chi connectivity index (χ0) is 13.1. The molecular weight excluding hydrogens is 238 g/mol. The molecule has 0 saturated carbocycles. The molecule has 0 aliphatic rings. The molecule has 0 radical (unpaired) electrons. The van der Waals surface area contributed by atoms with Gasteiger partial charge in [0.1, 0.15) is 0 Å². The molecule has 102 valence electrons. The Morgan fingerprint density at radius 2 is 1.72 bits per heavy atom. The van der Waals surface area contributed by atoms with Crippen molar-refractivity contribution in [2.45, 2.75) is 57.4 Å². The van der Waals surface area contributed by atoms with E-state index in [0.717, 1.165) is 13.1 Å². The second-order valence-electron chi connectivity index (χ2n) is 4.73. The number of hydrogen-bond acceptors (Lipinski definition) is 2. The van der Waals surface area contributed by atoms with Crippen LogP contribution < -0.4 is 5.32 Å². The zero-order valence-electron chi connectivity index (χ0n) is 11.9. The van der Waals surface area contributed by atoms with Gasteiger partial charge in [0.25, 0.3) is 0 Å². The summed E-state index contributed by atoms with van der Waals surface area (Å²) in [5.74, 6) is 1.26. The molecule has 0 heterocycles. The number of nitrogens with one attached hydrogen (secondary N) is 1. The van der Waals surface area contributed by atoms with Gasteiger partial charge in [-0.05, 0) is 42.8 Å². The van der Waals surface area contributed by atoms with Crippen LogP contribution in [0, 0.1) is 0 Å². The van der Waals surface area contributed by atoms with E-state index >= 15 is 0 Å². The van der Waals surface area contributed by atoms with Crippen molar-refractivity contribution >= 4 is 11.8 Å². The summed E-state index contributed by atoms with van der Waals surface area (Å²) in [6.07, 6.45) is 6.62. The Bertz CT molecular complexity index is 294. The van der Waals surface area contributed by atoms with Crippen LogP contribution in [-0.4, -0.2) is 12.3 Å². The van der Waals surface area contributed by atoms with Gasteiger partial charge in [0, 0.05) is 11.4 Å². The highest BCUT2D eigenvalue weighted by Crippen LogP contribution is 2.20. The number of benzene rings is 1. The van der Waals surface area contributed by atoms with E-state index in [-0.39, 0.29) is 0 Å². The number of thioether (sulfide) groups is 1. The zero-order valence-corrected chi connectivity index (χ0v) is 12.7. The number of rotatable bonds is 10. The molecule has 18 heavy (non-hydrogen) atoms. The number of unbranched alkanes of at least 4 members (excludes halogenated alkanes) is 3. The summed E-state index contributed by atoms with van der Waals surface area (Å²) < 4.78 is 0. The maximum absolute atomic E-state index is 3.43. The van der Waals surface area contributed by atoms with Crippen LogP contribution in [0.3, 0.4) is 0 Å². The van der Waals surface area contributed by atoms with Crippen LogP contribution in [-0.2, 0) is 6.54 Å². The van der Waals surface area contributed by atoms with Gasteiger partial charge >= 0.3 is 0 Å². The summed E-state index contributed by atoms with van der Waals surface area (Å²) in [5, 5.41) is 3.43. The Balaban J connectivity index is 2.19. The van der Waals surface area contributed by atoms with E-state index in [0.29, 0.717) is 0 Å². The van der Waals surface area contributed by atoms with E-state index in [2.05, 4.69) is 43.4 Å². The molecule has 1 aromatic rings. The van der Waals surface area contributed by atoms with E-state index in [4.69, 9.17) is 0 Å². The van der Waals surface area contributed by atoms with Crippen molar-refractivity contribution in [2.75, 3.05) is 12.3 Å². The lowest BCUT2D eigenvalue weighted by Gasteiger charge is -2.05. The summed E-state index contributed by atoms with van der Waals surface area (Å²) in [5.41, 5.74) is 1.39. The maximum Gasteiger partial charge on any atom is 0.0205 e. The topological polar surface area (TPSA) is 12.0 Å². The van der Waals surface area contributed by atoms with E-state index in [9.17, 15) is 0 Å². The highest BCUT2D eigenvalue weighted by Gasteiger charge is 1.96. The molecule has 1 rings (SSSR count). The predicted octanol–water partition coefficient (Wildman–Crippen LogP) is 4.86. The molecule has 0 atom stereocenters. The summed E-state index contributed by atoms with van der Waals surface area (Å²) in [6.45, 7) is 6.56. The molecule has 0 amide bonds. The fourth-order valence-corrected chi connectivity index (χ4v) is 2.74. The van der Waals surface area contributed by atoms with E-state index in [1.54, 1.807) is 0 Å². The SMILES string of the molecule is CCCCCCSc1ccc(CNCCC)cc1. The van der Waals surface area contributed by atoms with Gasteiger partial charge in [-0.1, -0.05) is 45.2 Å². The molecule has 0 bridgehead atoms. The molecule has 0 aliphatic heterocycles. The van der Waals surface area contributed by atoms with Crippen LogP contribution in [0.1, 0.15) is 51.5 Å². The first-order chi connectivity index (χ1) is 8.86. The summed E-state index contributed by atoms with van der Waals surface area (Å²) in [7, 11) is 0. The second kappa shape index (κ2) is 10.5. The van der Waals surface area contributed by atoms with Crippen LogP contribution in [0.5, 0.6) is 0 Å². The minimum atomic E-state index is 0.995. The largest absolute Gasteiger partial charge is 0.313 e. The Morgan fingerprint density at radius 3 is 2.39 bits per heavy atom. The molecule has 0 aliphatic carbocycles. The van der Waals surface area contributed by atoms with Crippen molar-refractivity contribution in [1.29, 1.82) is 0 Å². The van der Waals surface area contributed by atoms with Gasteiger partial charge in [0.2, 0.25) is 0 Å². The highest BCUT2D eigenvalue weighted by molar-refractivity contribution is 7.99. The van der Waals surface area contributed by atoms with Crippen LogP contribution in [0.2, 0.25) is 0 Å². The van der Waals surface area contributed by atoms with Gasteiger partial charge in [-0.15, -0.1) is 11.8 Å². The lowest BCUT2D eigenvalue weighted by molar-refractivity contribution is 0.675. The van der Waals surface area contributed by atoms with Gasteiger partial charge in [-0.3, -0.25) is 0 Å². The lowest BCUT2D eigenvalue weighted by Crippen LogP contribution is -2.13. The first-order valence-corrected chi connectivity index (χ1v) is 8.27. The van der Waals surface area contributed by atoms with Crippen LogP contribution in [0.4, 0.5) is 0 Å².